The number of hydrogen-bond acceptors (Lipinski definition) is 6. The molecule has 3 aromatic heterocycles. The van der Waals surface area contributed by atoms with Gasteiger partial charge in [-0.2, -0.15) is 10.1 Å². The van der Waals surface area contributed by atoms with Crippen molar-refractivity contribution in [1.82, 2.24) is 24.3 Å². The summed E-state index contributed by atoms with van der Waals surface area (Å²) in [5.41, 5.74) is 5.50. The minimum absolute atomic E-state index is 0.379. The first-order valence-electron chi connectivity index (χ1n) is 14.1. The van der Waals surface area contributed by atoms with E-state index in [-0.39, 0.29) is 0 Å². The highest BCUT2D eigenvalue weighted by Gasteiger charge is 2.54. The molecule has 2 aliphatic rings. The quantitative estimate of drug-likeness (QED) is 0.161. The molecule has 8 nitrogen and oxygen atoms in total. The molecule has 0 unspecified atom stereocenters. The first kappa shape index (κ1) is 29.0. The lowest BCUT2D eigenvalue weighted by Crippen LogP contribution is -2.23. The van der Waals surface area contributed by atoms with E-state index in [0.29, 0.717) is 30.7 Å². The Morgan fingerprint density at radius 3 is 2.33 bits per heavy atom. The number of pyridine rings is 1. The van der Waals surface area contributed by atoms with Crippen molar-refractivity contribution in [2.45, 2.75) is 91.0 Å². The highest BCUT2D eigenvalue weighted by molar-refractivity contribution is 9.10. The molecule has 0 spiro atoms. The van der Waals surface area contributed by atoms with Crippen molar-refractivity contribution < 1.29 is 14.2 Å². The Morgan fingerprint density at radius 1 is 1.03 bits per heavy atom. The van der Waals surface area contributed by atoms with E-state index in [0.717, 1.165) is 65.3 Å². The van der Waals surface area contributed by atoms with Crippen LogP contribution in [0.25, 0.3) is 22.7 Å². The summed E-state index contributed by atoms with van der Waals surface area (Å²) < 4.78 is 22.9. The predicted molar refractivity (Wildman–Crippen MR) is 165 cm³/mol. The summed E-state index contributed by atoms with van der Waals surface area (Å²) in [5, 5.41) is 5.17. The van der Waals surface area contributed by atoms with Gasteiger partial charge in [-0.1, -0.05) is 46.2 Å². The second-order valence-electron chi connectivity index (χ2n) is 14.1. The zero-order valence-electron chi connectivity index (χ0n) is 24.9. The molecule has 0 radical (unpaired) electrons. The third-order valence-corrected chi connectivity index (χ3v) is 12.2. The van der Waals surface area contributed by atoms with E-state index in [1.807, 2.05) is 6.07 Å². The average molecular weight is 635 g/mol. The molecule has 1 saturated carbocycles. The van der Waals surface area contributed by atoms with Gasteiger partial charge in [0.15, 0.2) is 11.5 Å². The number of rotatable bonds is 12. The minimum atomic E-state index is -1.21. The molecule has 11 heteroatoms. The molecular formula is C28H44BrN5O3Si2. The van der Waals surface area contributed by atoms with Gasteiger partial charge in [0.1, 0.15) is 24.7 Å². The number of imidazole rings is 1. The summed E-state index contributed by atoms with van der Waals surface area (Å²) >= 11 is 3.59. The number of nitrogens with zero attached hydrogens (tertiary/aromatic N) is 5. The molecule has 39 heavy (non-hydrogen) atoms. The van der Waals surface area contributed by atoms with Crippen LogP contribution in [0.3, 0.4) is 0 Å². The molecule has 0 aromatic carbocycles. The van der Waals surface area contributed by atoms with Gasteiger partial charge in [0.2, 0.25) is 5.88 Å². The highest BCUT2D eigenvalue weighted by atomic mass is 79.9. The molecule has 5 rings (SSSR count). The SMILES string of the molecule is COc1nc2c(cc1Br)nc(-c1nn(COCC[Si](C)(C)C)c3c1C[C@@H]1C[C@]1(C)C3)n2COCC[Si](C)(C)C. The van der Waals surface area contributed by atoms with Gasteiger partial charge in [-0.15, -0.1) is 0 Å². The Hall–Kier alpha value is -1.54. The van der Waals surface area contributed by atoms with E-state index < -0.39 is 16.1 Å². The molecule has 0 aliphatic heterocycles. The molecule has 0 N–H and O–H groups in total. The van der Waals surface area contributed by atoms with Crippen LogP contribution in [-0.4, -0.2) is 60.8 Å². The van der Waals surface area contributed by atoms with Crippen molar-refractivity contribution in [2.24, 2.45) is 11.3 Å². The Balaban J connectivity index is 1.52. The number of fused-ring (bicyclic) bond motifs is 3. The van der Waals surface area contributed by atoms with Crippen molar-refractivity contribution in [1.29, 1.82) is 0 Å². The van der Waals surface area contributed by atoms with Crippen LogP contribution >= 0.6 is 15.9 Å². The number of hydrogen-bond donors (Lipinski definition) is 0. The molecule has 2 atom stereocenters. The molecule has 2 aliphatic carbocycles. The first-order chi connectivity index (χ1) is 18.3. The maximum absolute atomic E-state index is 6.25. The predicted octanol–water partition coefficient (Wildman–Crippen LogP) is 6.82. The van der Waals surface area contributed by atoms with E-state index >= 15 is 0 Å². The maximum Gasteiger partial charge on any atom is 0.229 e. The Labute approximate surface area is 243 Å². The van der Waals surface area contributed by atoms with Gasteiger partial charge in [-0.3, -0.25) is 4.57 Å². The summed E-state index contributed by atoms with van der Waals surface area (Å²) in [6.07, 6.45) is 3.36. The van der Waals surface area contributed by atoms with Crippen LogP contribution < -0.4 is 4.74 Å². The van der Waals surface area contributed by atoms with Crippen LogP contribution in [0.15, 0.2) is 10.5 Å². The fourth-order valence-electron chi connectivity index (χ4n) is 5.42. The van der Waals surface area contributed by atoms with E-state index in [1.54, 1.807) is 7.11 Å². The third-order valence-electron chi connectivity index (χ3n) is 8.20. The van der Waals surface area contributed by atoms with Crippen LogP contribution in [0.5, 0.6) is 5.88 Å². The molecule has 214 valence electrons. The zero-order valence-corrected chi connectivity index (χ0v) is 28.4. The van der Waals surface area contributed by atoms with Gasteiger partial charge in [-0.25, -0.2) is 9.67 Å². The third kappa shape index (κ3) is 6.37. The lowest BCUT2D eigenvalue weighted by Gasteiger charge is -2.20. The smallest absolute Gasteiger partial charge is 0.229 e. The van der Waals surface area contributed by atoms with Crippen molar-refractivity contribution in [3.05, 3.63) is 21.8 Å². The standard InChI is InChI=1S/C28H44BrN5O3Si2/c1-28-15-19(28)13-20-23(16-28)34(18-37-10-12-39(6,7)8)32-24(20)26-30-22-14-21(29)27(35-2)31-25(22)33(26)17-36-9-11-38(3,4)5/h14,19H,9-13,15-18H2,1-8H3/t19-,28-/m1/s1. The van der Waals surface area contributed by atoms with Crippen LogP contribution in [-0.2, 0) is 35.8 Å². The maximum atomic E-state index is 6.25. The lowest BCUT2D eigenvalue weighted by molar-refractivity contribution is 0.0756. The molecule has 3 aromatic rings. The average Bonchev–Trinajstić information content (AvgIpc) is 3.21. The number of ether oxygens (including phenoxy) is 3. The van der Waals surface area contributed by atoms with Crippen molar-refractivity contribution in [3.8, 4) is 17.4 Å². The Morgan fingerprint density at radius 2 is 1.69 bits per heavy atom. The summed E-state index contributed by atoms with van der Waals surface area (Å²) in [6.45, 7) is 19.0. The van der Waals surface area contributed by atoms with Crippen molar-refractivity contribution >= 4 is 43.2 Å². The van der Waals surface area contributed by atoms with Crippen LogP contribution in [0.1, 0.15) is 24.6 Å². The first-order valence-corrected chi connectivity index (χ1v) is 22.3. The van der Waals surface area contributed by atoms with Gasteiger partial charge in [0.25, 0.3) is 0 Å². The number of halogens is 1. The Bertz CT molecular complexity index is 1360. The molecule has 0 amide bonds. The molecule has 0 saturated heterocycles. The van der Waals surface area contributed by atoms with Gasteiger partial charge in [0, 0.05) is 40.6 Å². The summed E-state index contributed by atoms with van der Waals surface area (Å²) in [4.78, 5) is 9.89. The van der Waals surface area contributed by atoms with E-state index in [9.17, 15) is 0 Å². The fraction of sp³-hybridized carbons (Fsp3) is 0.679. The van der Waals surface area contributed by atoms with E-state index in [1.165, 1.54) is 17.7 Å². The minimum Gasteiger partial charge on any atom is -0.480 e. The summed E-state index contributed by atoms with van der Waals surface area (Å²) in [6, 6.07) is 4.23. The van der Waals surface area contributed by atoms with Crippen LogP contribution in [0, 0.1) is 11.3 Å². The Kier molecular flexibility index (Phi) is 7.95. The second kappa shape index (κ2) is 10.7. The number of aromatic nitrogens is 5. The molecular weight excluding hydrogens is 590 g/mol. The van der Waals surface area contributed by atoms with E-state index in [2.05, 4.69) is 71.4 Å². The van der Waals surface area contributed by atoms with Gasteiger partial charge >= 0.3 is 0 Å². The topological polar surface area (TPSA) is 76.2 Å². The largest absolute Gasteiger partial charge is 0.480 e. The molecule has 0 bridgehead atoms. The van der Waals surface area contributed by atoms with E-state index in [4.69, 9.17) is 29.3 Å². The molecule has 3 heterocycles. The monoisotopic (exact) mass is 633 g/mol. The number of methoxy groups -OCH3 is 1. The normalized spacial score (nSPS) is 20.8. The van der Waals surface area contributed by atoms with Crippen LogP contribution in [0.4, 0.5) is 0 Å². The fourth-order valence-corrected chi connectivity index (χ4v) is 7.40. The van der Waals surface area contributed by atoms with Crippen molar-refractivity contribution in [2.75, 3.05) is 20.3 Å². The van der Waals surface area contributed by atoms with Gasteiger partial charge in [0.05, 0.1) is 11.6 Å². The molecule has 1 fully saturated rings. The lowest BCUT2D eigenvalue weighted by atomic mass is 9.87. The second-order valence-corrected chi connectivity index (χ2v) is 26.2. The highest BCUT2D eigenvalue weighted by Crippen LogP contribution is 2.60. The zero-order chi connectivity index (χ0) is 28.2. The summed E-state index contributed by atoms with van der Waals surface area (Å²) in [7, 11) is -0.725. The van der Waals surface area contributed by atoms with Gasteiger partial charge < -0.3 is 14.2 Å². The summed E-state index contributed by atoms with van der Waals surface area (Å²) in [5.74, 6) is 2.06. The van der Waals surface area contributed by atoms with Crippen molar-refractivity contribution in [3.63, 3.8) is 0 Å². The van der Waals surface area contributed by atoms with Crippen LogP contribution in [0.2, 0.25) is 51.4 Å². The van der Waals surface area contributed by atoms with Gasteiger partial charge in [-0.05, 0) is 64.7 Å².